The van der Waals surface area contributed by atoms with Gasteiger partial charge in [0.25, 0.3) is 0 Å². The lowest BCUT2D eigenvalue weighted by Crippen LogP contribution is -2.15. The molecule has 2 atom stereocenters. The molecule has 0 bridgehead atoms. The molecule has 0 spiro atoms. The topological polar surface area (TPSA) is 120 Å². The van der Waals surface area contributed by atoms with E-state index < -0.39 is 6.29 Å². The smallest absolute Gasteiger partial charge is 0.224 e. The van der Waals surface area contributed by atoms with Gasteiger partial charge in [-0.2, -0.15) is 9.97 Å². The number of hydrogen-bond donors (Lipinski definition) is 3. The molecule has 9 heteroatoms. The molecule has 1 aliphatic carbocycles. The van der Waals surface area contributed by atoms with Crippen molar-refractivity contribution in [3.8, 4) is 0 Å². The molecule has 2 aromatic heterocycles. The average molecular weight is 292 g/mol. The number of fused-ring (bicyclic) bond motifs is 1. The molecule has 2 aromatic rings. The van der Waals surface area contributed by atoms with Crippen molar-refractivity contribution in [3.05, 3.63) is 6.33 Å². The summed E-state index contributed by atoms with van der Waals surface area (Å²) in [6, 6.07) is 0.442. The average Bonchev–Trinajstić information content (AvgIpc) is 3.01. The fraction of sp³-hybridized carbons (Fsp3) is 0.583. The molecule has 3 heterocycles. The Hall–Kier alpha value is -1.97. The second kappa shape index (κ2) is 4.79. The van der Waals surface area contributed by atoms with Crippen LogP contribution in [0, 0.1) is 0 Å². The zero-order valence-corrected chi connectivity index (χ0v) is 11.3. The Balaban J connectivity index is 1.71. The van der Waals surface area contributed by atoms with Crippen molar-refractivity contribution in [1.82, 2.24) is 19.5 Å². The second-order valence-electron chi connectivity index (χ2n) is 5.21. The van der Waals surface area contributed by atoms with Crippen molar-refractivity contribution in [2.24, 2.45) is 0 Å². The molecule has 2 fully saturated rings. The Morgan fingerprint density at radius 2 is 2.29 bits per heavy atom. The first-order chi connectivity index (χ1) is 10.2. The van der Waals surface area contributed by atoms with Crippen LogP contribution in [-0.2, 0) is 9.47 Å². The van der Waals surface area contributed by atoms with Gasteiger partial charge in [-0.15, -0.1) is 0 Å². The van der Waals surface area contributed by atoms with Crippen LogP contribution in [0.15, 0.2) is 6.33 Å². The largest absolute Gasteiger partial charge is 0.391 e. The van der Waals surface area contributed by atoms with Gasteiger partial charge in [0, 0.05) is 6.04 Å². The third kappa shape index (κ3) is 2.28. The zero-order valence-electron chi connectivity index (χ0n) is 11.3. The summed E-state index contributed by atoms with van der Waals surface area (Å²) in [5.41, 5.74) is 7.04. The van der Waals surface area contributed by atoms with E-state index in [0.717, 1.165) is 12.8 Å². The van der Waals surface area contributed by atoms with Gasteiger partial charge in [0.05, 0.1) is 19.5 Å². The van der Waals surface area contributed by atoms with Gasteiger partial charge in [0.2, 0.25) is 5.95 Å². The van der Waals surface area contributed by atoms with Crippen LogP contribution in [0.5, 0.6) is 0 Å². The van der Waals surface area contributed by atoms with Crippen LogP contribution in [0.25, 0.3) is 11.2 Å². The molecule has 2 aliphatic rings. The van der Waals surface area contributed by atoms with Crippen molar-refractivity contribution in [2.75, 3.05) is 24.3 Å². The molecule has 1 unspecified atom stereocenters. The van der Waals surface area contributed by atoms with Crippen LogP contribution in [0.2, 0.25) is 0 Å². The van der Waals surface area contributed by atoms with Gasteiger partial charge in [-0.1, -0.05) is 0 Å². The van der Waals surface area contributed by atoms with E-state index in [4.69, 9.17) is 20.3 Å². The van der Waals surface area contributed by atoms with Crippen LogP contribution < -0.4 is 11.1 Å². The molecule has 4 N–H and O–H groups in total. The number of hydrogen-bond acceptors (Lipinski definition) is 8. The molecule has 0 aromatic carbocycles. The third-order valence-corrected chi connectivity index (χ3v) is 3.55. The van der Waals surface area contributed by atoms with Gasteiger partial charge in [0.1, 0.15) is 0 Å². The van der Waals surface area contributed by atoms with Crippen molar-refractivity contribution in [3.63, 3.8) is 0 Å². The number of rotatable bonds is 4. The molecule has 0 amide bonds. The number of ether oxygens (including phenoxy) is 2. The fourth-order valence-electron chi connectivity index (χ4n) is 2.35. The molecule has 4 rings (SSSR count). The molecule has 1 saturated carbocycles. The summed E-state index contributed by atoms with van der Waals surface area (Å²) in [4.78, 5) is 12.8. The number of aromatic nitrogens is 4. The lowest BCUT2D eigenvalue weighted by molar-refractivity contribution is -0.0980. The van der Waals surface area contributed by atoms with Crippen molar-refractivity contribution in [1.29, 1.82) is 0 Å². The van der Waals surface area contributed by atoms with Crippen molar-refractivity contribution in [2.45, 2.75) is 31.4 Å². The zero-order chi connectivity index (χ0) is 14.4. The highest BCUT2D eigenvalue weighted by atomic mass is 16.7. The first kappa shape index (κ1) is 12.7. The van der Waals surface area contributed by atoms with E-state index in [1.807, 2.05) is 0 Å². The van der Waals surface area contributed by atoms with E-state index in [9.17, 15) is 0 Å². The van der Waals surface area contributed by atoms with E-state index in [2.05, 4.69) is 20.3 Å². The molecule has 21 heavy (non-hydrogen) atoms. The second-order valence-corrected chi connectivity index (χ2v) is 5.21. The van der Waals surface area contributed by atoms with Crippen molar-refractivity contribution >= 4 is 22.9 Å². The Bertz CT molecular complexity index is 670. The summed E-state index contributed by atoms with van der Waals surface area (Å²) in [6.07, 6.45) is 2.89. The van der Waals surface area contributed by atoms with E-state index in [1.165, 1.54) is 0 Å². The fourth-order valence-corrected chi connectivity index (χ4v) is 2.35. The maximum atomic E-state index is 9.06. The summed E-state index contributed by atoms with van der Waals surface area (Å²) in [5.74, 6) is 0.835. The molecule has 9 nitrogen and oxygen atoms in total. The highest BCUT2D eigenvalue weighted by Gasteiger charge is 2.29. The maximum absolute atomic E-state index is 9.06. The minimum atomic E-state index is -0.615. The van der Waals surface area contributed by atoms with Crippen LogP contribution in [0.3, 0.4) is 0 Å². The number of nitrogen functional groups attached to an aromatic ring is 1. The van der Waals surface area contributed by atoms with Gasteiger partial charge < -0.3 is 25.6 Å². The number of imidazole rings is 1. The quantitative estimate of drug-likeness (QED) is 0.711. The van der Waals surface area contributed by atoms with Crippen LogP contribution in [-0.4, -0.2) is 50.2 Å². The van der Waals surface area contributed by atoms with E-state index in [0.29, 0.717) is 29.6 Å². The van der Waals surface area contributed by atoms with Gasteiger partial charge in [-0.3, -0.25) is 4.57 Å². The maximum Gasteiger partial charge on any atom is 0.224 e. The number of aliphatic hydroxyl groups is 1. The monoisotopic (exact) mass is 292 g/mol. The summed E-state index contributed by atoms with van der Waals surface area (Å²) in [6.45, 7) is 0.140. The molecular formula is C12H16N6O3. The van der Waals surface area contributed by atoms with Gasteiger partial charge in [0.15, 0.2) is 29.5 Å². The van der Waals surface area contributed by atoms with E-state index >= 15 is 0 Å². The van der Waals surface area contributed by atoms with Gasteiger partial charge >= 0.3 is 0 Å². The standard InChI is InChI=1S/C12H16N6O3/c13-12-16-10(15-6-1-2-6)9-11(17-12)18(5-14-9)7-4-20-8(3-19)21-7/h5-8,19H,1-4H2,(H3,13,15,16,17)/t7-,8?/m1/s1. The number of aliphatic hydroxyl groups excluding tert-OH is 1. The number of anilines is 2. The Morgan fingerprint density at radius 1 is 1.43 bits per heavy atom. The van der Waals surface area contributed by atoms with Crippen molar-refractivity contribution < 1.29 is 14.6 Å². The SMILES string of the molecule is Nc1nc(NC2CC2)c2ncn([C@H]3COC(CO)O3)c2n1. The predicted octanol–water partition coefficient (Wildman–Crippen LogP) is -0.153. The Labute approximate surface area is 120 Å². The Kier molecular flexibility index (Phi) is 2.91. The number of nitrogens with zero attached hydrogens (tertiary/aromatic N) is 4. The van der Waals surface area contributed by atoms with Gasteiger partial charge in [-0.25, -0.2) is 4.98 Å². The van der Waals surface area contributed by atoms with Crippen LogP contribution >= 0.6 is 0 Å². The van der Waals surface area contributed by atoms with Crippen LogP contribution in [0.1, 0.15) is 19.1 Å². The molecule has 1 aliphatic heterocycles. The molecular weight excluding hydrogens is 276 g/mol. The lowest BCUT2D eigenvalue weighted by Gasteiger charge is -2.12. The summed E-state index contributed by atoms with van der Waals surface area (Å²) in [5, 5.41) is 12.4. The first-order valence-electron chi connectivity index (χ1n) is 6.89. The first-order valence-corrected chi connectivity index (χ1v) is 6.89. The number of nitrogens with two attached hydrogens (primary N) is 1. The molecule has 0 radical (unpaired) electrons. The predicted molar refractivity (Wildman–Crippen MR) is 73.3 cm³/mol. The normalized spacial score (nSPS) is 25.6. The van der Waals surface area contributed by atoms with E-state index in [1.54, 1.807) is 10.9 Å². The van der Waals surface area contributed by atoms with Crippen LogP contribution in [0.4, 0.5) is 11.8 Å². The summed E-state index contributed by atoms with van der Waals surface area (Å²) in [7, 11) is 0. The molecule has 112 valence electrons. The van der Waals surface area contributed by atoms with E-state index in [-0.39, 0.29) is 18.8 Å². The molecule has 1 saturated heterocycles. The highest BCUT2D eigenvalue weighted by molar-refractivity contribution is 5.84. The third-order valence-electron chi connectivity index (χ3n) is 3.55. The number of nitrogens with one attached hydrogen (secondary N) is 1. The lowest BCUT2D eigenvalue weighted by atomic mass is 10.4. The summed E-state index contributed by atoms with van der Waals surface area (Å²) < 4.78 is 12.6. The Morgan fingerprint density at radius 3 is 3.00 bits per heavy atom. The van der Waals surface area contributed by atoms with Gasteiger partial charge in [-0.05, 0) is 12.8 Å². The summed E-state index contributed by atoms with van der Waals surface area (Å²) >= 11 is 0. The minimum absolute atomic E-state index is 0.185. The highest BCUT2D eigenvalue weighted by Crippen LogP contribution is 2.30. The minimum Gasteiger partial charge on any atom is -0.391 e.